The number of hydrogen-bond acceptors (Lipinski definition) is 3. The molecule has 16 heavy (non-hydrogen) atoms. The highest BCUT2D eigenvalue weighted by molar-refractivity contribution is 7.15. The summed E-state index contributed by atoms with van der Waals surface area (Å²) in [5, 5.41) is 3.68. The second-order valence-electron chi connectivity index (χ2n) is 3.30. The van der Waals surface area contributed by atoms with Gasteiger partial charge in [-0.3, -0.25) is 0 Å². The highest BCUT2D eigenvalue weighted by Gasteiger charge is 2.11. The summed E-state index contributed by atoms with van der Waals surface area (Å²) in [6, 6.07) is 3.80. The van der Waals surface area contributed by atoms with E-state index in [1.165, 1.54) is 17.4 Å². The Balaban J connectivity index is 2.49. The maximum atomic E-state index is 13.1. The van der Waals surface area contributed by atoms with E-state index in [1.54, 1.807) is 7.05 Å². The fraction of sp³-hybridized carbons (Fsp3) is 0.182. The summed E-state index contributed by atoms with van der Waals surface area (Å²) >= 11 is 1.48. The van der Waals surface area contributed by atoms with E-state index in [4.69, 9.17) is 0 Å². The van der Waals surface area contributed by atoms with Crippen molar-refractivity contribution in [2.24, 2.45) is 0 Å². The van der Waals surface area contributed by atoms with Crippen molar-refractivity contribution in [3.05, 3.63) is 34.7 Å². The number of nitrogens with one attached hydrogen (secondary N) is 1. The van der Waals surface area contributed by atoms with E-state index in [-0.39, 0.29) is 0 Å². The zero-order valence-electron chi connectivity index (χ0n) is 8.84. The predicted octanol–water partition coefficient (Wildman–Crippen LogP) is 3.44. The third-order valence-electron chi connectivity index (χ3n) is 2.20. The molecule has 5 heteroatoms. The van der Waals surface area contributed by atoms with Gasteiger partial charge in [0, 0.05) is 17.5 Å². The van der Waals surface area contributed by atoms with Crippen LogP contribution in [0.15, 0.2) is 18.2 Å². The maximum Gasteiger partial charge on any atom is 0.183 e. The minimum Gasteiger partial charge on any atom is -0.365 e. The van der Waals surface area contributed by atoms with Gasteiger partial charge in [-0.1, -0.05) is 0 Å². The molecule has 0 radical (unpaired) electrons. The van der Waals surface area contributed by atoms with Gasteiger partial charge in [-0.05, 0) is 25.1 Å². The Kier molecular flexibility index (Phi) is 2.87. The molecule has 0 amide bonds. The molecule has 0 spiro atoms. The quantitative estimate of drug-likeness (QED) is 0.869. The van der Waals surface area contributed by atoms with E-state index in [1.807, 2.05) is 6.92 Å². The zero-order chi connectivity index (χ0) is 11.7. The van der Waals surface area contributed by atoms with Crippen LogP contribution in [0.4, 0.5) is 13.9 Å². The molecule has 2 aromatic rings. The Bertz CT molecular complexity index is 523. The Morgan fingerprint density at radius 2 is 2.00 bits per heavy atom. The molecule has 0 bridgehead atoms. The number of halogens is 2. The van der Waals surface area contributed by atoms with Gasteiger partial charge in [0.25, 0.3) is 0 Å². The lowest BCUT2D eigenvalue weighted by atomic mass is 10.1. The van der Waals surface area contributed by atoms with Gasteiger partial charge >= 0.3 is 0 Å². The molecule has 0 aliphatic carbocycles. The fourth-order valence-electron chi connectivity index (χ4n) is 1.41. The van der Waals surface area contributed by atoms with Crippen LogP contribution in [0.25, 0.3) is 11.3 Å². The van der Waals surface area contributed by atoms with Crippen LogP contribution < -0.4 is 5.32 Å². The first-order valence-electron chi connectivity index (χ1n) is 4.72. The van der Waals surface area contributed by atoms with Gasteiger partial charge < -0.3 is 5.32 Å². The third-order valence-corrected chi connectivity index (χ3v) is 3.19. The summed E-state index contributed by atoms with van der Waals surface area (Å²) in [4.78, 5) is 5.26. The first kappa shape index (κ1) is 11.0. The molecule has 0 unspecified atom stereocenters. The molecular formula is C11H10F2N2S. The zero-order valence-corrected chi connectivity index (χ0v) is 9.66. The van der Waals surface area contributed by atoms with Crippen LogP contribution in [-0.4, -0.2) is 12.0 Å². The second kappa shape index (κ2) is 4.17. The van der Waals surface area contributed by atoms with Crippen LogP contribution in [-0.2, 0) is 0 Å². The number of thiazole rings is 1. The molecule has 1 N–H and O–H groups in total. The molecule has 1 aromatic carbocycles. The monoisotopic (exact) mass is 240 g/mol. The predicted molar refractivity (Wildman–Crippen MR) is 61.7 cm³/mol. The van der Waals surface area contributed by atoms with Crippen molar-refractivity contribution in [1.29, 1.82) is 0 Å². The minimum absolute atomic E-state index is 0.592. The number of anilines is 1. The van der Waals surface area contributed by atoms with Gasteiger partial charge in [0.2, 0.25) is 0 Å². The molecular weight excluding hydrogens is 230 g/mol. The van der Waals surface area contributed by atoms with Crippen LogP contribution >= 0.6 is 11.3 Å². The van der Waals surface area contributed by atoms with Crippen molar-refractivity contribution in [1.82, 2.24) is 4.98 Å². The summed E-state index contributed by atoms with van der Waals surface area (Å²) in [6.07, 6.45) is 0. The number of rotatable bonds is 2. The van der Waals surface area contributed by atoms with Crippen molar-refractivity contribution in [2.75, 3.05) is 12.4 Å². The Morgan fingerprint density at radius 3 is 2.56 bits per heavy atom. The van der Waals surface area contributed by atoms with Gasteiger partial charge in [-0.2, -0.15) is 0 Å². The third kappa shape index (κ3) is 1.90. The smallest absolute Gasteiger partial charge is 0.183 e. The van der Waals surface area contributed by atoms with E-state index in [0.29, 0.717) is 11.3 Å². The molecule has 0 atom stereocenters. The van der Waals surface area contributed by atoms with Crippen LogP contribution in [0.3, 0.4) is 0 Å². The maximum absolute atomic E-state index is 13.1. The lowest BCUT2D eigenvalue weighted by Gasteiger charge is -1.99. The van der Waals surface area contributed by atoms with E-state index in [2.05, 4.69) is 10.3 Å². The first-order valence-corrected chi connectivity index (χ1v) is 5.54. The summed E-state index contributed by atoms with van der Waals surface area (Å²) in [7, 11) is 1.77. The molecule has 1 aromatic heterocycles. The van der Waals surface area contributed by atoms with Gasteiger partial charge in [-0.15, -0.1) is 11.3 Å². The lowest BCUT2D eigenvalue weighted by molar-refractivity contribution is 0.509. The number of hydrogen-bond donors (Lipinski definition) is 1. The molecule has 2 rings (SSSR count). The van der Waals surface area contributed by atoms with Crippen molar-refractivity contribution >= 4 is 16.5 Å². The van der Waals surface area contributed by atoms with Crippen LogP contribution in [0.5, 0.6) is 0 Å². The average molecular weight is 240 g/mol. The topological polar surface area (TPSA) is 24.9 Å². The molecule has 0 aliphatic heterocycles. The van der Waals surface area contributed by atoms with Gasteiger partial charge in [0.05, 0.1) is 5.69 Å². The van der Waals surface area contributed by atoms with Gasteiger partial charge in [0.1, 0.15) is 0 Å². The number of benzene rings is 1. The van der Waals surface area contributed by atoms with Crippen molar-refractivity contribution in [2.45, 2.75) is 6.92 Å². The van der Waals surface area contributed by atoms with E-state index < -0.39 is 11.6 Å². The molecule has 1 heterocycles. The second-order valence-corrected chi connectivity index (χ2v) is 4.51. The fourth-order valence-corrected chi connectivity index (χ4v) is 2.20. The van der Waals surface area contributed by atoms with Gasteiger partial charge in [0.15, 0.2) is 16.8 Å². The summed E-state index contributed by atoms with van der Waals surface area (Å²) in [6.45, 7) is 1.90. The summed E-state index contributed by atoms with van der Waals surface area (Å²) < 4.78 is 25.9. The Labute approximate surface area is 96.0 Å². The number of aryl methyl sites for hydroxylation is 1. The van der Waals surface area contributed by atoms with Crippen LogP contribution in [0.1, 0.15) is 4.88 Å². The SMILES string of the molecule is CNc1nc(-c2ccc(F)c(F)c2)c(C)s1. The van der Waals surface area contributed by atoms with Crippen molar-refractivity contribution in [3.8, 4) is 11.3 Å². The van der Waals surface area contributed by atoms with Crippen molar-refractivity contribution in [3.63, 3.8) is 0 Å². The summed E-state index contributed by atoms with van der Waals surface area (Å²) in [5.41, 5.74) is 1.28. The normalized spacial score (nSPS) is 10.5. The largest absolute Gasteiger partial charge is 0.365 e. The number of aromatic nitrogens is 1. The first-order chi connectivity index (χ1) is 7.61. The average Bonchev–Trinajstić information content (AvgIpc) is 2.64. The molecule has 84 valence electrons. The van der Waals surface area contributed by atoms with Crippen molar-refractivity contribution < 1.29 is 8.78 Å². The summed E-state index contributed by atoms with van der Waals surface area (Å²) in [5.74, 6) is -1.69. The van der Waals surface area contributed by atoms with Gasteiger partial charge in [-0.25, -0.2) is 13.8 Å². The Morgan fingerprint density at radius 1 is 1.25 bits per heavy atom. The molecule has 2 nitrogen and oxygen atoms in total. The highest BCUT2D eigenvalue weighted by Crippen LogP contribution is 2.30. The number of nitrogens with zero attached hydrogens (tertiary/aromatic N) is 1. The molecule has 0 saturated heterocycles. The standard InChI is InChI=1S/C11H10F2N2S/c1-6-10(15-11(14-2)16-6)7-3-4-8(12)9(13)5-7/h3-5H,1-2H3,(H,14,15). The Hall–Kier alpha value is -1.49. The molecule has 0 aliphatic rings. The van der Waals surface area contributed by atoms with Crippen LogP contribution in [0, 0.1) is 18.6 Å². The molecule has 0 fully saturated rings. The lowest BCUT2D eigenvalue weighted by Crippen LogP contribution is -1.88. The van der Waals surface area contributed by atoms with Crippen LogP contribution in [0.2, 0.25) is 0 Å². The molecule has 0 saturated carbocycles. The van der Waals surface area contributed by atoms with E-state index >= 15 is 0 Å². The highest BCUT2D eigenvalue weighted by atomic mass is 32.1. The van der Waals surface area contributed by atoms with E-state index in [0.717, 1.165) is 22.1 Å². The van der Waals surface area contributed by atoms with E-state index in [9.17, 15) is 8.78 Å². The minimum atomic E-state index is -0.851.